The first-order valence-corrected chi connectivity index (χ1v) is 4.37. The van der Waals surface area contributed by atoms with E-state index in [-0.39, 0.29) is 0 Å². The smallest absolute Gasteiger partial charge is 0.397 e. The molecule has 5 heteroatoms. The Bertz CT molecular complexity index is 485. The molecule has 0 amide bonds. The number of nitrogens with two attached hydrogens (primary N) is 1. The first kappa shape index (κ1) is 9.89. The average molecular weight is 214 g/mol. The zero-order valence-electron chi connectivity index (χ0n) is 7.75. The normalized spacial score (nSPS) is 12.2. The van der Waals surface area contributed by atoms with E-state index in [4.69, 9.17) is 5.73 Å². The Morgan fingerprint density at radius 2 is 1.93 bits per heavy atom. The maximum Gasteiger partial charge on any atom is 0.406 e. The van der Waals surface area contributed by atoms with E-state index >= 15 is 0 Å². The minimum absolute atomic E-state index is 0.363. The number of alkyl halides is 3. The molecule has 0 aliphatic rings. The second-order valence-electron chi connectivity index (χ2n) is 3.34. The molecule has 15 heavy (non-hydrogen) atoms. The van der Waals surface area contributed by atoms with Crippen LogP contribution in [0.4, 0.5) is 18.9 Å². The van der Waals surface area contributed by atoms with Crippen molar-refractivity contribution in [2.75, 3.05) is 5.73 Å². The lowest BCUT2D eigenvalue weighted by Crippen LogP contribution is -2.17. The first-order chi connectivity index (χ1) is 6.97. The molecule has 0 fully saturated rings. The van der Waals surface area contributed by atoms with E-state index in [9.17, 15) is 13.2 Å². The third-order valence-electron chi connectivity index (χ3n) is 2.17. The molecule has 2 N–H and O–H groups in total. The van der Waals surface area contributed by atoms with Gasteiger partial charge in [-0.05, 0) is 12.1 Å². The zero-order chi connectivity index (χ0) is 11.1. The molecule has 0 spiro atoms. The van der Waals surface area contributed by atoms with Crippen molar-refractivity contribution in [2.45, 2.75) is 12.7 Å². The van der Waals surface area contributed by atoms with Crippen LogP contribution in [-0.4, -0.2) is 10.7 Å². The molecule has 2 aromatic rings. The van der Waals surface area contributed by atoms with E-state index in [0.29, 0.717) is 11.2 Å². The summed E-state index contributed by atoms with van der Waals surface area (Å²) >= 11 is 0. The Morgan fingerprint density at radius 3 is 2.60 bits per heavy atom. The number of anilines is 1. The summed E-state index contributed by atoms with van der Waals surface area (Å²) in [5, 5.41) is 0.722. The van der Waals surface area contributed by atoms with Crippen LogP contribution in [0.1, 0.15) is 0 Å². The number of fused-ring (bicyclic) bond motifs is 1. The van der Waals surface area contributed by atoms with Crippen molar-refractivity contribution < 1.29 is 13.2 Å². The molecule has 2 nitrogen and oxygen atoms in total. The largest absolute Gasteiger partial charge is 0.406 e. The van der Waals surface area contributed by atoms with Crippen molar-refractivity contribution in [1.82, 2.24) is 4.57 Å². The van der Waals surface area contributed by atoms with Gasteiger partial charge in [0.2, 0.25) is 0 Å². The summed E-state index contributed by atoms with van der Waals surface area (Å²) in [6.07, 6.45) is -2.83. The summed E-state index contributed by atoms with van der Waals surface area (Å²) in [6, 6.07) is 6.67. The first-order valence-electron chi connectivity index (χ1n) is 4.37. The van der Waals surface area contributed by atoms with Gasteiger partial charge in [-0.25, -0.2) is 0 Å². The summed E-state index contributed by atoms with van der Waals surface area (Å²) in [4.78, 5) is 0. The Morgan fingerprint density at radius 1 is 1.20 bits per heavy atom. The number of halogens is 3. The summed E-state index contributed by atoms with van der Waals surface area (Å²) in [5.41, 5.74) is 6.43. The molecule has 80 valence electrons. The maximum absolute atomic E-state index is 12.2. The highest BCUT2D eigenvalue weighted by Gasteiger charge is 2.28. The number of para-hydroxylation sites is 1. The molecule has 1 heterocycles. The quantitative estimate of drug-likeness (QED) is 0.727. The van der Waals surface area contributed by atoms with E-state index in [2.05, 4.69) is 0 Å². The number of nitrogen functional groups attached to an aromatic ring is 1. The van der Waals surface area contributed by atoms with Gasteiger partial charge in [0.05, 0.1) is 11.2 Å². The molecule has 1 aromatic carbocycles. The zero-order valence-corrected chi connectivity index (χ0v) is 7.75. The maximum atomic E-state index is 12.2. The predicted molar refractivity (Wildman–Crippen MR) is 52.4 cm³/mol. The van der Waals surface area contributed by atoms with Gasteiger partial charge in [-0.15, -0.1) is 0 Å². The number of rotatable bonds is 1. The van der Waals surface area contributed by atoms with Crippen LogP contribution < -0.4 is 5.73 Å². The van der Waals surface area contributed by atoms with E-state index in [1.54, 1.807) is 24.3 Å². The highest BCUT2D eigenvalue weighted by molar-refractivity contribution is 5.90. The van der Waals surface area contributed by atoms with Crippen LogP contribution in [0.3, 0.4) is 0 Å². The summed E-state index contributed by atoms with van der Waals surface area (Å²) in [5.74, 6) is 0. The number of hydrogen-bond acceptors (Lipinski definition) is 1. The third-order valence-corrected chi connectivity index (χ3v) is 2.17. The Kier molecular flexibility index (Phi) is 2.10. The van der Waals surface area contributed by atoms with Gasteiger partial charge < -0.3 is 10.3 Å². The molecule has 0 saturated heterocycles. The minimum Gasteiger partial charge on any atom is -0.397 e. The van der Waals surface area contributed by atoms with Gasteiger partial charge in [-0.3, -0.25) is 0 Å². The van der Waals surface area contributed by atoms with Gasteiger partial charge in [0.15, 0.2) is 0 Å². The van der Waals surface area contributed by atoms with Gasteiger partial charge in [-0.1, -0.05) is 12.1 Å². The predicted octanol–water partition coefficient (Wildman–Crippen LogP) is 2.79. The lowest BCUT2D eigenvalue weighted by Gasteiger charge is -2.10. The highest BCUT2D eigenvalue weighted by Crippen LogP contribution is 2.26. The van der Waals surface area contributed by atoms with Gasteiger partial charge in [0.25, 0.3) is 0 Å². The minimum atomic E-state index is -4.23. The number of hydrogen-bond donors (Lipinski definition) is 1. The van der Waals surface area contributed by atoms with Gasteiger partial charge in [-0.2, -0.15) is 13.2 Å². The van der Waals surface area contributed by atoms with Crippen LogP contribution in [0.5, 0.6) is 0 Å². The van der Waals surface area contributed by atoms with Crippen LogP contribution in [0.15, 0.2) is 30.5 Å². The van der Waals surface area contributed by atoms with Gasteiger partial charge >= 0.3 is 6.18 Å². The topological polar surface area (TPSA) is 30.9 Å². The van der Waals surface area contributed by atoms with Crippen LogP contribution in [0, 0.1) is 0 Å². The fourth-order valence-corrected chi connectivity index (χ4v) is 1.62. The van der Waals surface area contributed by atoms with Gasteiger partial charge in [0, 0.05) is 11.6 Å². The van der Waals surface area contributed by atoms with Crippen LogP contribution >= 0.6 is 0 Å². The standard InChI is InChI=1S/C10H9F3N2/c11-10(12,13)6-15-5-4-7-2-1-3-8(14)9(7)15/h1-5H,6,14H2. The summed E-state index contributed by atoms with van der Waals surface area (Å²) in [7, 11) is 0. The van der Waals surface area contributed by atoms with E-state index in [0.717, 1.165) is 9.95 Å². The lowest BCUT2D eigenvalue weighted by atomic mass is 10.2. The molecule has 0 saturated carbocycles. The average Bonchev–Trinajstić information content (AvgIpc) is 2.47. The molecular weight excluding hydrogens is 205 g/mol. The second-order valence-corrected chi connectivity index (χ2v) is 3.34. The monoisotopic (exact) mass is 214 g/mol. The number of aromatic nitrogens is 1. The number of benzene rings is 1. The summed E-state index contributed by atoms with van der Waals surface area (Å²) in [6.45, 7) is -1.01. The second kappa shape index (κ2) is 3.18. The van der Waals surface area contributed by atoms with Crippen LogP contribution in [0.25, 0.3) is 10.9 Å². The summed E-state index contributed by atoms with van der Waals surface area (Å²) < 4.78 is 37.8. The van der Waals surface area contributed by atoms with Crippen LogP contribution in [-0.2, 0) is 6.54 Å². The molecule has 2 rings (SSSR count). The Hall–Kier alpha value is -1.65. The Balaban J connectivity index is 2.53. The SMILES string of the molecule is Nc1cccc2ccn(CC(F)(F)F)c12. The molecular formula is C10H9F3N2. The van der Waals surface area contributed by atoms with Crippen molar-refractivity contribution in [3.8, 4) is 0 Å². The molecule has 0 atom stereocenters. The Labute approximate surface area is 84.1 Å². The van der Waals surface area contributed by atoms with Crippen LogP contribution in [0.2, 0.25) is 0 Å². The van der Waals surface area contributed by atoms with Crippen molar-refractivity contribution >= 4 is 16.6 Å². The molecule has 0 radical (unpaired) electrons. The van der Waals surface area contributed by atoms with E-state index < -0.39 is 12.7 Å². The molecule has 1 aromatic heterocycles. The molecule has 0 aliphatic heterocycles. The van der Waals surface area contributed by atoms with Gasteiger partial charge in [0.1, 0.15) is 6.54 Å². The number of nitrogens with zero attached hydrogens (tertiary/aromatic N) is 1. The third kappa shape index (κ3) is 1.91. The van der Waals surface area contributed by atoms with E-state index in [1.165, 1.54) is 6.20 Å². The van der Waals surface area contributed by atoms with E-state index in [1.807, 2.05) is 0 Å². The van der Waals surface area contributed by atoms with Crippen molar-refractivity contribution in [3.63, 3.8) is 0 Å². The van der Waals surface area contributed by atoms with Crippen molar-refractivity contribution in [3.05, 3.63) is 30.5 Å². The lowest BCUT2D eigenvalue weighted by molar-refractivity contribution is -0.139. The van der Waals surface area contributed by atoms with Crippen molar-refractivity contribution in [2.24, 2.45) is 0 Å². The van der Waals surface area contributed by atoms with Crippen molar-refractivity contribution in [1.29, 1.82) is 0 Å². The molecule has 0 unspecified atom stereocenters. The highest BCUT2D eigenvalue weighted by atomic mass is 19.4. The fraction of sp³-hybridized carbons (Fsp3) is 0.200. The fourth-order valence-electron chi connectivity index (χ4n) is 1.62. The molecule has 0 bridgehead atoms. The molecule has 0 aliphatic carbocycles.